The average Bonchev–Trinajstić information content (AvgIpc) is 2.60. The molecule has 0 saturated heterocycles. The molecule has 1 aliphatic rings. The van der Waals surface area contributed by atoms with Crippen molar-refractivity contribution in [3.8, 4) is 0 Å². The molecule has 82 valence electrons. The Morgan fingerprint density at radius 3 is 2.64 bits per heavy atom. The van der Waals surface area contributed by atoms with Crippen LogP contribution in [0, 0.1) is 11.8 Å². The molecule has 0 spiro atoms. The zero-order chi connectivity index (χ0) is 10.6. The van der Waals surface area contributed by atoms with Gasteiger partial charge in [-0.15, -0.1) is 0 Å². The van der Waals surface area contributed by atoms with Gasteiger partial charge in [-0.25, -0.2) is 4.79 Å². The van der Waals surface area contributed by atoms with Gasteiger partial charge in [0.15, 0.2) is 0 Å². The summed E-state index contributed by atoms with van der Waals surface area (Å²) < 4.78 is 0. The van der Waals surface area contributed by atoms with Crippen molar-refractivity contribution >= 4 is 6.03 Å². The molecule has 0 heterocycles. The predicted molar refractivity (Wildman–Crippen MR) is 57.0 cm³/mol. The lowest BCUT2D eigenvalue weighted by atomic mass is 9.96. The molecule has 1 saturated carbocycles. The van der Waals surface area contributed by atoms with Crippen LogP contribution in [0.5, 0.6) is 0 Å². The van der Waals surface area contributed by atoms with Gasteiger partial charge in [0.2, 0.25) is 0 Å². The second-order valence-corrected chi connectivity index (χ2v) is 4.27. The summed E-state index contributed by atoms with van der Waals surface area (Å²) in [4.78, 5) is 12.8. The lowest BCUT2D eigenvalue weighted by molar-refractivity contribution is 0.213. The van der Waals surface area contributed by atoms with E-state index in [2.05, 4.69) is 5.32 Å². The SMILES string of the molecule is CN(C)C(=O)NCC1CCCC1CN. The van der Waals surface area contributed by atoms with E-state index in [0.29, 0.717) is 11.8 Å². The van der Waals surface area contributed by atoms with E-state index < -0.39 is 0 Å². The number of rotatable bonds is 3. The van der Waals surface area contributed by atoms with E-state index in [1.807, 2.05) is 0 Å². The summed E-state index contributed by atoms with van der Waals surface area (Å²) in [7, 11) is 3.51. The first-order valence-corrected chi connectivity index (χ1v) is 5.30. The first-order valence-electron chi connectivity index (χ1n) is 5.30. The molecule has 0 aromatic carbocycles. The van der Waals surface area contributed by atoms with Crippen LogP contribution in [0.1, 0.15) is 19.3 Å². The maximum Gasteiger partial charge on any atom is 0.316 e. The minimum Gasteiger partial charge on any atom is -0.338 e. The van der Waals surface area contributed by atoms with Crippen LogP contribution in [-0.4, -0.2) is 38.1 Å². The molecule has 0 aliphatic heterocycles. The van der Waals surface area contributed by atoms with Gasteiger partial charge in [0, 0.05) is 20.6 Å². The monoisotopic (exact) mass is 199 g/mol. The molecule has 14 heavy (non-hydrogen) atoms. The molecule has 0 radical (unpaired) electrons. The lowest BCUT2D eigenvalue weighted by Crippen LogP contribution is -2.38. The van der Waals surface area contributed by atoms with E-state index in [1.54, 1.807) is 19.0 Å². The van der Waals surface area contributed by atoms with Crippen molar-refractivity contribution in [2.45, 2.75) is 19.3 Å². The Kier molecular flexibility index (Phi) is 4.20. The van der Waals surface area contributed by atoms with E-state index in [4.69, 9.17) is 5.73 Å². The minimum absolute atomic E-state index is 0.00679. The molecule has 0 aromatic rings. The molecule has 2 amide bonds. The van der Waals surface area contributed by atoms with Crippen LogP contribution in [0.25, 0.3) is 0 Å². The van der Waals surface area contributed by atoms with Crippen molar-refractivity contribution in [1.82, 2.24) is 10.2 Å². The zero-order valence-electron chi connectivity index (χ0n) is 9.12. The Balaban J connectivity index is 2.27. The number of nitrogens with two attached hydrogens (primary N) is 1. The van der Waals surface area contributed by atoms with E-state index in [9.17, 15) is 4.79 Å². The number of carbonyl (C=O) groups excluding carboxylic acids is 1. The number of hydrogen-bond donors (Lipinski definition) is 2. The molecule has 4 nitrogen and oxygen atoms in total. The lowest BCUT2D eigenvalue weighted by Gasteiger charge is -2.19. The third kappa shape index (κ3) is 2.87. The van der Waals surface area contributed by atoms with E-state index >= 15 is 0 Å². The second kappa shape index (κ2) is 5.20. The number of nitrogens with zero attached hydrogens (tertiary/aromatic N) is 1. The molecule has 4 heteroatoms. The normalized spacial score (nSPS) is 26.2. The smallest absolute Gasteiger partial charge is 0.316 e. The third-order valence-electron chi connectivity index (χ3n) is 3.04. The largest absolute Gasteiger partial charge is 0.338 e. The van der Waals surface area contributed by atoms with Crippen LogP contribution in [0.4, 0.5) is 4.79 Å². The molecule has 0 aromatic heterocycles. The van der Waals surface area contributed by atoms with Gasteiger partial charge in [0.1, 0.15) is 0 Å². The van der Waals surface area contributed by atoms with Crippen molar-refractivity contribution < 1.29 is 4.79 Å². The average molecular weight is 199 g/mol. The first kappa shape index (κ1) is 11.3. The van der Waals surface area contributed by atoms with Gasteiger partial charge < -0.3 is 16.0 Å². The van der Waals surface area contributed by atoms with Gasteiger partial charge in [-0.1, -0.05) is 6.42 Å². The highest BCUT2D eigenvalue weighted by molar-refractivity contribution is 5.73. The Labute approximate surface area is 85.8 Å². The van der Waals surface area contributed by atoms with Crippen molar-refractivity contribution in [2.75, 3.05) is 27.2 Å². The summed E-state index contributed by atoms with van der Waals surface area (Å²) in [5, 5.41) is 2.92. The fraction of sp³-hybridized carbons (Fsp3) is 0.900. The number of hydrogen-bond acceptors (Lipinski definition) is 2. The molecule has 2 unspecified atom stereocenters. The molecule has 0 bridgehead atoms. The third-order valence-corrected chi connectivity index (χ3v) is 3.04. The number of nitrogens with one attached hydrogen (secondary N) is 1. The fourth-order valence-electron chi connectivity index (χ4n) is 2.07. The maximum atomic E-state index is 11.3. The molecule has 1 fully saturated rings. The molecule has 3 N–H and O–H groups in total. The zero-order valence-corrected chi connectivity index (χ0v) is 9.12. The van der Waals surface area contributed by atoms with Gasteiger partial charge >= 0.3 is 6.03 Å². The van der Waals surface area contributed by atoms with Crippen molar-refractivity contribution in [3.05, 3.63) is 0 Å². The van der Waals surface area contributed by atoms with Crippen LogP contribution in [0.2, 0.25) is 0 Å². The Hall–Kier alpha value is -0.770. The highest BCUT2D eigenvalue weighted by Crippen LogP contribution is 2.30. The molecule has 1 aliphatic carbocycles. The Morgan fingerprint density at radius 1 is 1.43 bits per heavy atom. The van der Waals surface area contributed by atoms with E-state index in [-0.39, 0.29) is 6.03 Å². The molecule has 2 atom stereocenters. The van der Waals surface area contributed by atoms with Crippen LogP contribution in [0.15, 0.2) is 0 Å². The summed E-state index contributed by atoms with van der Waals surface area (Å²) >= 11 is 0. The number of carbonyl (C=O) groups is 1. The number of amides is 2. The first-order chi connectivity index (χ1) is 6.65. The van der Waals surface area contributed by atoms with Gasteiger partial charge in [-0.2, -0.15) is 0 Å². The highest BCUT2D eigenvalue weighted by Gasteiger charge is 2.26. The topological polar surface area (TPSA) is 58.4 Å². The van der Waals surface area contributed by atoms with Crippen LogP contribution < -0.4 is 11.1 Å². The maximum absolute atomic E-state index is 11.3. The Bertz CT molecular complexity index is 194. The minimum atomic E-state index is -0.00679. The van der Waals surface area contributed by atoms with E-state index in [0.717, 1.165) is 13.1 Å². The quantitative estimate of drug-likeness (QED) is 0.700. The highest BCUT2D eigenvalue weighted by atomic mass is 16.2. The van der Waals surface area contributed by atoms with Crippen LogP contribution in [-0.2, 0) is 0 Å². The van der Waals surface area contributed by atoms with E-state index in [1.165, 1.54) is 19.3 Å². The van der Waals surface area contributed by atoms with Gasteiger partial charge in [-0.05, 0) is 31.2 Å². The summed E-state index contributed by atoms with van der Waals surface area (Å²) in [5.74, 6) is 1.20. The summed E-state index contributed by atoms with van der Waals surface area (Å²) in [6.07, 6.45) is 3.68. The molecule has 1 rings (SSSR count). The van der Waals surface area contributed by atoms with Gasteiger partial charge in [-0.3, -0.25) is 0 Å². The van der Waals surface area contributed by atoms with Crippen molar-refractivity contribution in [2.24, 2.45) is 17.6 Å². The molecular weight excluding hydrogens is 178 g/mol. The summed E-state index contributed by atoms with van der Waals surface area (Å²) in [6.45, 7) is 1.53. The van der Waals surface area contributed by atoms with Crippen molar-refractivity contribution in [3.63, 3.8) is 0 Å². The predicted octanol–water partition coefficient (Wildman–Crippen LogP) is 0.633. The van der Waals surface area contributed by atoms with Gasteiger partial charge in [0.05, 0.1) is 0 Å². The Morgan fingerprint density at radius 2 is 2.07 bits per heavy atom. The fourth-order valence-corrected chi connectivity index (χ4v) is 2.07. The summed E-state index contributed by atoms with van der Waals surface area (Å²) in [5.41, 5.74) is 5.67. The van der Waals surface area contributed by atoms with Crippen molar-refractivity contribution in [1.29, 1.82) is 0 Å². The van der Waals surface area contributed by atoms with Gasteiger partial charge in [0.25, 0.3) is 0 Å². The van der Waals surface area contributed by atoms with Crippen LogP contribution in [0.3, 0.4) is 0 Å². The second-order valence-electron chi connectivity index (χ2n) is 4.27. The molecular formula is C10H21N3O. The number of urea groups is 1. The summed E-state index contributed by atoms with van der Waals surface area (Å²) in [6, 6.07) is -0.00679. The standard InChI is InChI=1S/C10H21N3O/c1-13(2)10(14)12-7-9-5-3-4-8(9)6-11/h8-9H,3-7,11H2,1-2H3,(H,12,14). The van der Waals surface area contributed by atoms with Crippen LogP contribution >= 0.6 is 0 Å².